The SMILES string of the molecule is O=C1OC(C(=O)O)C(Sc2nc3ccccc3s2)C1=O. The van der Waals surface area contributed by atoms with Crippen LogP contribution in [-0.2, 0) is 19.1 Å². The van der Waals surface area contributed by atoms with Gasteiger partial charge in [-0.15, -0.1) is 11.3 Å². The summed E-state index contributed by atoms with van der Waals surface area (Å²) in [6.07, 6.45) is -1.45. The van der Waals surface area contributed by atoms with E-state index in [2.05, 4.69) is 9.72 Å². The zero-order valence-corrected chi connectivity index (χ0v) is 11.4. The van der Waals surface area contributed by atoms with Crippen LogP contribution in [0.3, 0.4) is 0 Å². The molecule has 102 valence electrons. The van der Waals surface area contributed by atoms with Crippen molar-refractivity contribution in [2.24, 2.45) is 0 Å². The number of ether oxygens (including phenoxy) is 1. The fraction of sp³-hybridized carbons (Fsp3) is 0.167. The lowest BCUT2D eigenvalue weighted by Gasteiger charge is -2.09. The highest BCUT2D eigenvalue weighted by Crippen LogP contribution is 2.36. The predicted octanol–water partition coefficient (Wildman–Crippen LogP) is 1.34. The molecule has 2 aromatic rings. The zero-order chi connectivity index (χ0) is 14.3. The minimum absolute atomic E-state index is 0.536. The summed E-state index contributed by atoms with van der Waals surface area (Å²) >= 11 is 2.30. The summed E-state index contributed by atoms with van der Waals surface area (Å²) in [5.74, 6) is -3.26. The molecular formula is C12H7NO5S2. The molecule has 1 aromatic heterocycles. The molecule has 0 aliphatic carbocycles. The molecule has 0 radical (unpaired) electrons. The van der Waals surface area contributed by atoms with E-state index in [9.17, 15) is 14.4 Å². The molecule has 2 unspecified atom stereocenters. The van der Waals surface area contributed by atoms with Gasteiger partial charge in [-0.05, 0) is 12.1 Å². The first-order valence-electron chi connectivity index (χ1n) is 5.56. The zero-order valence-electron chi connectivity index (χ0n) is 9.81. The highest BCUT2D eigenvalue weighted by atomic mass is 32.2. The minimum Gasteiger partial charge on any atom is -0.478 e. The number of esters is 1. The van der Waals surface area contributed by atoms with Crippen molar-refractivity contribution in [2.75, 3.05) is 0 Å². The van der Waals surface area contributed by atoms with Gasteiger partial charge in [0, 0.05) is 0 Å². The number of benzene rings is 1. The molecule has 20 heavy (non-hydrogen) atoms. The Bertz CT molecular complexity index is 692. The quantitative estimate of drug-likeness (QED) is 0.675. The number of thiazole rings is 1. The number of aliphatic carboxylic acids is 1. The van der Waals surface area contributed by atoms with Crippen LogP contribution in [0.25, 0.3) is 10.2 Å². The number of para-hydroxylation sites is 1. The molecule has 2 heterocycles. The average molecular weight is 309 g/mol. The van der Waals surface area contributed by atoms with Crippen molar-refractivity contribution in [2.45, 2.75) is 15.7 Å². The second-order valence-corrected chi connectivity index (χ2v) is 6.43. The summed E-state index contributed by atoms with van der Waals surface area (Å²) in [5.41, 5.74) is 0.768. The minimum atomic E-state index is -1.45. The first-order chi connectivity index (χ1) is 9.56. The van der Waals surface area contributed by atoms with Crippen molar-refractivity contribution < 1.29 is 24.2 Å². The number of aromatic nitrogens is 1. The number of carbonyl (C=O) groups is 3. The van der Waals surface area contributed by atoms with E-state index in [-0.39, 0.29) is 0 Å². The van der Waals surface area contributed by atoms with Crippen molar-refractivity contribution in [3.63, 3.8) is 0 Å². The Morgan fingerprint density at radius 1 is 1.35 bits per heavy atom. The molecule has 8 heteroatoms. The molecule has 1 fully saturated rings. The van der Waals surface area contributed by atoms with Gasteiger partial charge in [-0.2, -0.15) is 0 Å². The summed E-state index contributed by atoms with van der Waals surface area (Å²) in [7, 11) is 0. The monoisotopic (exact) mass is 309 g/mol. The average Bonchev–Trinajstić information content (AvgIpc) is 2.94. The first-order valence-corrected chi connectivity index (χ1v) is 7.26. The molecule has 1 aliphatic rings. The largest absolute Gasteiger partial charge is 0.478 e. The van der Waals surface area contributed by atoms with Gasteiger partial charge in [0.1, 0.15) is 5.25 Å². The molecule has 0 bridgehead atoms. The molecule has 1 aliphatic heterocycles. The fourth-order valence-corrected chi connectivity index (χ4v) is 4.13. The van der Waals surface area contributed by atoms with Crippen LogP contribution in [0.1, 0.15) is 0 Å². The van der Waals surface area contributed by atoms with E-state index in [1.165, 1.54) is 11.3 Å². The Kier molecular flexibility index (Phi) is 3.19. The Morgan fingerprint density at radius 3 is 2.80 bits per heavy atom. The van der Waals surface area contributed by atoms with Crippen LogP contribution in [0.15, 0.2) is 28.6 Å². The van der Waals surface area contributed by atoms with Crippen molar-refractivity contribution in [1.29, 1.82) is 0 Å². The number of Topliss-reactive ketones (excluding diaryl/α,β-unsaturated/α-hetero) is 1. The Morgan fingerprint density at radius 2 is 2.10 bits per heavy atom. The molecule has 0 saturated carbocycles. The molecular weight excluding hydrogens is 302 g/mol. The molecule has 1 aromatic carbocycles. The van der Waals surface area contributed by atoms with E-state index >= 15 is 0 Å². The number of hydrogen-bond donors (Lipinski definition) is 1. The number of carboxylic acid groups (broad SMARTS) is 1. The standard InChI is InChI=1S/C12H7NO5S2/c14-7-9(8(10(15)16)18-11(7)17)20-12-13-5-3-1-2-4-6(5)19-12/h1-4,8-9H,(H,15,16). The van der Waals surface area contributed by atoms with Crippen molar-refractivity contribution >= 4 is 51.0 Å². The van der Waals surface area contributed by atoms with Crippen LogP contribution < -0.4 is 0 Å². The van der Waals surface area contributed by atoms with Crippen LogP contribution in [-0.4, -0.2) is 39.2 Å². The van der Waals surface area contributed by atoms with Crippen molar-refractivity contribution in [3.8, 4) is 0 Å². The van der Waals surface area contributed by atoms with Crippen LogP contribution in [0, 0.1) is 0 Å². The maximum Gasteiger partial charge on any atom is 0.376 e. The molecule has 3 rings (SSSR count). The molecule has 0 spiro atoms. The summed E-state index contributed by atoms with van der Waals surface area (Å²) in [5, 5.41) is 7.89. The number of carbonyl (C=O) groups excluding carboxylic acids is 2. The predicted molar refractivity (Wildman–Crippen MR) is 71.8 cm³/mol. The van der Waals surface area contributed by atoms with Crippen LogP contribution >= 0.6 is 23.1 Å². The van der Waals surface area contributed by atoms with Gasteiger partial charge in [0.05, 0.1) is 10.2 Å². The van der Waals surface area contributed by atoms with Gasteiger partial charge in [0.25, 0.3) is 5.78 Å². The third-order valence-corrected chi connectivity index (χ3v) is 5.09. The highest BCUT2D eigenvalue weighted by Gasteiger charge is 2.48. The number of ketones is 1. The highest BCUT2D eigenvalue weighted by molar-refractivity contribution is 8.02. The van der Waals surface area contributed by atoms with Crippen LogP contribution in [0.4, 0.5) is 0 Å². The van der Waals surface area contributed by atoms with Gasteiger partial charge in [-0.1, -0.05) is 23.9 Å². The third kappa shape index (κ3) is 2.16. The second kappa shape index (κ2) is 4.88. The number of nitrogens with zero attached hydrogens (tertiary/aromatic N) is 1. The number of thioether (sulfide) groups is 1. The summed E-state index contributed by atoms with van der Waals surface area (Å²) in [4.78, 5) is 38.2. The summed E-state index contributed by atoms with van der Waals surface area (Å²) in [6, 6.07) is 7.40. The van der Waals surface area contributed by atoms with Gasteiger partial charge in [0.2, 0.25) is 6.10 Å². The van der Waals surface area contributed by atoms with Gasteiger partial charge in [-0.3, -0.25) is 4.79 Å². The van der Waals surface area contributed by atoms with E-state index in [0.29, 0.717) is 4.34 Å². The molecule has 1 saturated heterocycles. The molecule has 2 atom stereocenters. The van der Waals surface area contributed by atoms with Crippen LogP contribution in [0.5, 0.6) is 0 Å². The number of hydrogen-bond acceptors (Lipinski definition) is 7. The van der Waals surface area contributed by atoms with E-state index < -0.39 is 29.1 Å². The lowest BCUT2D eigenvalue weighted by atomic mass is 10.2. The number of fused-ring (bicyclic) bond motifs is 1. The Labute approximate surface area is 120 Å². The lowest BCUT2D eigenvalue weighted by Crippen LogP contribution is -2.31. The lowest BCUT2D eigenvalue weighted by molar-refractivity contribution is -0.158. The van der Waals surface area contributed by atoms with Gasteiger partial charge < -0.3 is 9.84 Å². The Hall–Kier alpha value is -1.93. The van der Waals surface area contributed by atoms with Gasteiger partial charge >= 0.3 is 11.9 Å². The number of rotatable bonds is 3. The first kappa shape index (κ1) is 13.1. The van der Waals surface area contributed by atoms with Gasteiger partial charge in [-0.25, -0.2) is 14.6 Å². The van der Waals surface area contributed by atoms with E-state index in [1.807, 2.05) is 24.3 Å². The summed E-state index contributed by atoms with van der Waals surface area (Å²) < 4.78 is 6.03. The summed E-state index contributed by atoms with van der Waals surface area (Å²) in [6.45, 7) is 0. The van der Waals surface area contributed by atoms with E-state index in [0.717, 1.165) is 22.0 Å². The second-order valence-electron chi connectivity index (χ2n) is 4.01. The van der Waals surface area contributed by atoms with Crippen molar-refractivity contribution in [3.05, 3.63) is 24.3 Å². The maximum atomic E-state index is 11.7. The fourth-order valence-electron chi connectivity index (χ4n) is 1.79. The maximum absolute atomic E-state index is 11.7. The van der Waals surface area contributed by atoms with E-state index in [1.54, 1.807) is 0 Å². The molecule has 6 nitrogen and oxygen atoms in total. The smallest absolute Gasteiger partial charge is 0.376 e. The molecule has 0 amide bonds. The molecule has 1 N–H and O–H groups in total. The third-order valence-electron chi connectivity index (χ3n) is 2.71. The number of carboxylic acids is 1. The van der Waals surface area contributed by atoms with E-state index in [4.69, 9.17) is 5.11 Å². The normalized spacial score (nSPS) is 22.2. The van der Waals surface area contributed by atoms with Gasteiger partial charge in [0.15, 0.2) is 4.34 Å². The number of cyclic esters (lactones) is 1. The topological polar surface area (TPSA) is 93.6 Å². The van der Waals surface area contributed by atoms with Crippen LogP contribution in [0.2, 0.25) is 0 Å². The van der Waals surface area contributed by atoms with Crippen molar-refractivity contribution in [1.82, 2.24) is 4.98 Å². The Balaban J connectivity index is 1.90.